The molecule has 2 aliphatic heterocycles. The highest BCUT2D eigenvalue weighted by Gasteiger charge is 2.41. The number of benzene rings is 1. The molecule has 1 amide bonds. The van der Waals surface area contributed by atoms with Crippen molar-refractivity contribution in [1.29, 1.82) is 0 Å². The van der Waals surface area contributed by atoms with Crippen molar-refractivity contribution in [3.8, 4) is 0 Å². The van der Waals surface area contributed by atoms with Crippen LogP contribution in [0.5, 0.6) is 0 Å². The Kier molecular flexibility index (Phi) is 6.45. The molecule has 3 aliphatic rings. The molecule has 0 bridgehead atoms. The summed E-state index contributed by atoms with van der Waals surface area (Å²) in [5, 5.41) is 13.1. The normalized spacial score (nSPS) is 30.7. The Morgan fingerprint density at radius 3 is 2.57 bits per heavy atom. The number of ether oxygens (including phenoxy) is 2. The van der Waals surface area contributed by atoms with Gasteiger partial charge in [-0.25, -0.2) is 8.42 Å². The molecule has 0 radical (unpaired) electrons. The smallest absolute Gasteiger partial charge is 0.222 e. The van der Waals surface area contributed by atoms with Gasteiger partial charge in [-0.3, -0.25) is 4.79 Å². The Morgan fingerprint density at radius 1 is 1.20 bits per heavy atom. The number of aliphatic hydroxyl groups is 1. The Morgan fingerprint density at radius 2 is 1.90 bits per heavy atom. The predicted octanol–water partition coefficient (Wildman–Crippen LogP) is 0.229. The van der Waals surface area contributed by atoms with Crippen LogP contribution in [0, 0.1) is 0 Å². The highest BCUT2D eigenvalue weighted by atomic mass is 32.2. The molecule has 1 aromatic rings. The molecule has 1 aliphatic carbocycles. The summed E-state index contributed by atoms with van der Waals surface area (Å²) in [4.78, 5) is 12.6. The molecule has 9 heteroatoms. The van der Waals surface area contributed by atoms with E-state index in [0.29, 0.717) is 12.8 Å². The lowest BCUT2D eigenvalue weighted by Gasteiger charge is -2.43. The van der Waals surface area contributed by atoms with E-state index in [2.05, 4.69) is 17.4 Å². The number of hydrogen-bond donors (Lipinski definition) is 2. The molecule has 0 unspecified atom stereocenters. The molecule has 4 rings (SSSR count). The van der Waals surface area contributed by atoms with Crippen molar-refractivity contribution in [2.75, 3.05) is 26.0 Å². The molecule has 4 atom stereocenters. The van der Waals surface area contributed by atoms with Crippen LogP contribution in [0.2, 0.25) is 0 Å². The van der Waals surface area contributed by atoms with Gasteiger partial charge in [0, 0.05) is 12.6 Å². The van der Waals surface area contributed by atoms with Crippen LogP contribution in [-0.2, 0) is 37.1 Å². The predicted molar refractivity (Wildman–Crippen MR) is 110 cm³/mol. The van der Waals surface area contributed by atoms with E-state index < -0.39 is 28.3 Å². The van der Waals surface area contributed by atoms with Crippen molar-refractivity contribution in [3.63, 3.8) is 0 Å². The van der Waals surface area contributed by atoms with Gasteiger partial charge in [-0.2, -0.15) is 4.31 Å². The quantitative estimate of drug-likeness (QED) is 0.697. The summed E-state index contributed by atoms with van der Waals surface area (Å²) >= 11 is 0. The van der Waals surface area contributed by atoms with Crippen LogP contribution in [0.25, 0.3) is 0 Å². The number of nitrogens with one attached hydrogen (secondary N) is 1. The zero-order valence-electron chi connectivity index (χ0n) is 17.2. The third-order valence-corrected chi connectivity index (χ3v) is 7.46. The van der Waals surface area contributed by atoms with Crippen LogP contribution in [0.1, 0.15) is 30.4 Å². The van der Waals surface area contributed by atoms with E-state index in [0.717, 1.165) is 19.1 Å². The lowest BCUT2D eigenvalue weighted by atomic mass is 9.96. The summed E-state index contributed by atoms with van der Waals surface area (Å²) in [7, 11) is -3.49. The van der Waals surface area contributed by atoms with Crippen LogP contribution in [0.4, 0.5) is 0 Å². The van der Waals surface area contributed by atoms with Crippen LogP contribution >= 0.6 is 0 Å². The minimum Gasteiger partial charge on any atom is -0.389 e. The summed E-state index contributed by atoms with van der Waals surface area (Å²) in [6.45, 7) is 0.256. The van der Waals surface area contributed by atoms with Gasteiger partial charge in [0.05, 0.1) is 50.2 Å². The van der Waals surface area contributed by atoms with Crippen molar-refractivity contribution < 1.29 is 27.8 Å². The first-order valence-electron chi connectivity index (χ1n) is 10.5. The Balaban J connectivity index is 1.33. The van der Waals surface area contributed by atoms with Crippen molar-refractivity contribution in [2.45, 2.75) is 62.5 Å². The number of fused-ring (bicyclic) bond motifs is 2. The number of carbonyl (C=O) groups is 1. The van der Waals surface area contributed by atoms with Gasteiger partial charge in [-0.1, -0.05) is 24.3 Å². The molecule has 0 saturated carbocycles. The van der Waals surface area contributed by atoms with Crippen molar-refractivity contribution in [3.05, 3.63) is 35.4 Å². The second-order valence-electron chi connectivity index (χ2n) is 8.61. The molecule has 0 spiro atoms. The topological polar surface area (TPSA) is 105 Å². The lowest BCUT2D eigenvalue weighted by molar-refractivity contribution is -0.146. The van der Waals surface area contributed by atoms with Gasteiger partial charge in [0.15, 0.2) is 0 Å². The number of carbonyl (C=O) groups excluding carboxylic acids is 1. The van der Waals surface area contributed by atoms with E-state index in [9.17, 15) is 18.3 Å². The third kappa shape index (κ3) is 5.03. The van der Waals surface area contributed by atoms with Crippen LogP contribution in [-0.4, -0.2) is 80.1 Å². The van der Waals surface area contributed by atoms with E-state index in [1.807, 2.05) is 12.1 Å². The molecule has 2 saturated heterocycles. The number of nitrogens with zero attached hydrogens (tertiary/aromatic N) is 1. The van der Waals surface area contributed by atoms with Gasteiger partial charge in [0.25, 0.3) is 0 Å². The maximum Gasteiger partial charge on any atom is 0.222 e. The van der Waals surface area contributed by atoms with E-state index >= 15 is 0 Å². The molecular formula is C21H30N2O6S. The summed E-state index contributed by atoms with van der Waals surface area (Å²) in [5.41, 5.74) is 2.57. The van der Waals surface area contributed by atoms with Gasteiger partial charge in [0.1, 0.15) is 0 Å². The molecule has 0 aromatic heterocycles. The Hall–Kier alpha value is -1.52. The lowest BCUT2D eigenvalue weighted by Crippen LogP contribution is -2.57. The standard InChI is InChI=1S/C21H30N2O6S/c1-30(26,27)23-11-17(24)12-28-13-20-19(23)7-6-18(29-20)10-21(25)22-16-8-14-4-2-3-5-15(14)9-16/h2-5,16-20,24H,6-13H2,1H3,(H,22,25)/t17-,18-,19+,20-/m1/s1. The number of hydrogen-bond acceptors (Lipinski definition) is 6. The first-order valence-corrected chi connectivity index (χ1v) is 12.4. The molecule has 1 aromatic carbocycles. The zero-order valence-corrected chi connectivity index (χ0v) is 18.0. The van der Waals surface area contributed by atoms with E-state index in [1.54, 1.807) is 0 Å². The van der Waals surface area contributed by atoms with E-state index in [-0.39, 0.29) is 44.2 Å². The van der Waals surface area contributed by atoms with Crippen LogP contribution in [0.3, 0.4) is 0 Å². The van der Waals surface area contributed by atoms with Crippen molar-refractivity contribution in [1.82, 2.24) is 9.62 Å². The van der Waals surface area contributed by atoms with Gasteiger partial charge in [-0.05, 0) is 36.8 Å². The molecule has 166 valence electrons. The maximum atomic E-state index is 12.6. The second kappa shape index (κ2) is 8.92. The third-order valence-electron chi connectivity index (χ3n) is 6.19. The van der Waals surface area contributed by atoms with Crippen molar-refractivity contribution in [2.24, 2.45) is 0 Å². The summed E-state index contributed by atoms with van der Waals surface area (Å²) in [6.07, 6.45) is 2.66. The zero-order chi connectivity index (χ0) is 21.3. The monoisotopic (exact) mass is 438 g/mol. The minimum atomic E-state index is -3.49. The number of β-amino-alcohol motifs (C(OH)–C–C–N with tert-alkyl or cyclic N) is 1. The van der Waals surface area contributed by atoms with Gasteiger partial charge >= 0.3 is 0 Å². The highest BCUT2D eigenvalue weighted by molar-refractivity contribution is 7.88. The summed E-state index contributed by atoms with van der Waals surface area (Å²) in [5.74, 6) is -0.0431. The first kappa shape index (κ1) is 21.7. The Bertz CT molecular complexity index is 851. The summed E-state index contributed by atoms with van der Waals surface area (Å²) < 4.78 is 37.5. The molecule has 2 heterocycles. The van der Waals surface area contributed by atoms with Gasteiger partial charge in [-0.15, -0.1) is 0 Å². The molecule has 2 fully saturated rings. The number of rotatable bonds is 4. The summed E-state index contributed by atoms with van der Waals surface area (Å²) in [6, 6.07) is 7.96. The SMILES string of the molecule is CS(=O)(=O)N1C[C@@H](O)COC[C@H]2O[C@@H](CC(=O)NC3Cc4ccccc4C3)CC[C@@H]21. The van der Waals surface area contributed by atoms with Crippen LogP contribution in [0.15, 0.2) is 24.3 Å². The van der Waals surface area contributed by atoms with Crippen LogP contribution < -0.4 is 5.32 Å². The number of amides is 1. The second-order valence-corrected chi connectivity index (χ2v) is 10.5. The molecular weight excluding hydrogens is 408 g/mol. The van der Waals surface area contributed by atoms with E-state index in [1.165, 1.54) is 15.4 Å². The highest BCUT2D eigenvalue weighted by Crippen LogP contribution is 2.29. The largest absolute Gasteiger partial charge is 0.389 e. The van der Waals surface area contributed by atoms with Gasteiger partial charge in [0.2, 0.25) is 15.9 Å². The first-order chi connectivity index (χ1) is 14.3. The number of aliphatic hydroxyl groups excluding tert-OH is 1. The minimum absolute atomic E-state index is 0.00322. The fourth-order valence-corrected chi connectivity index (χ4v) is 6.01. The van der Waals surface area contributed by atoms with Crippen molar-refractivity contribution >= 4 is 15.9 Å². The fraction of sp³-hybridized carbons (Fsp3) is 0.667. The van der Waals surface area contributed by atoms with E-state index in [4.69, 9.17) is 9.47 Å². The molecule has 2 N–H and O–H groups in total. The molecule has 30 heavy (non-hydrogen) atoms. The molecule has 8 nitrogen and oxygen atoms in total. The average Bonchev–Trinajstić information content (AvgIpc) is 3.06. The van der Waals surface area contributed by atoms with Gasteiger partial charge < -0.3 is 19.9 Å². The maximum absolute atomic E-state index is 12.6. The number of sulfonamides is 1. The average molecular weight is 439 g/mol. The Labute approximate surface area is 177 Å². The fourth-order valence-electron chi connectivity index (χ4n) is 4.83.